The highest BCUT2D eigenvalue weighted by Crippen LogP contribution is 2.24. The van der Waals surface area contributed by atoms with E-state index in [4.69, 9.17) is 4.74 Å². The molecule has 0 aromatic carbocycles. The molecule has 1 saturated heterocycles. The first-order chi connectivity index (χ1) is 5.22. The molecule has 0 aliphatic carbocycles. The fourth-order valence-electron chi connectivity index (χ4n) is 1.61. The van der Waals surface area contributed by atoms with Gasteiger partial charge in [-0.2, -0.15) is 0 Å². The third-order valence-electron chi connectivity index (χ3n) is 2.85. The van der Waals surface area contributed by atoms with Gasteiger partial charge in [0.15, 0.2) is 0 Å². The van der Waals surface area contributed by atoms with Gasteiger partial charge in [0.1, 0.15) is 0 Å². The normalized spacial score (nSPS) is 28.9. The predicted molar refractivity (Wildman–Crippen MR) is 47.6 cm³/mol. The average Bonchev–Trinajstić information content (AvgIpc) is 2.05. The lowest BCUT2D eigenvalue weighted by molar-refractivity contribution is -0.0278. The molecule has 0 saturated carbocycles. The van der Waals surface area contributed by atoms with Gasteiger partial charge in [-0.05, 0) is 31.1 Å². The summed E-state index contributed by atoms with van der Waals surface area (Å²) in [4.78, 5) is 0. The Hall–Kier alpha value is -0.0400. The molecule has 1 rings (SSSR count). The highest BCUT2D eigenvalue weighted by molar-refractivity contribution is 4.72. The van der Waals surface area contributed by atoms with Crippen LogP contribution >= 0.6 is 0 Å². The Bertz CT molecular complexity index is 103. The molecule has 66 valence electrons. The van der Waals surface area contributed by atoms with Crippen LogP contribution in [0.15, 0.2) is 0 Å². The molecule has 1 nitrogen and oxygen atoms in total. The fraction of sp³-hybridized carbons (Fsp3) is 1.00. The van der Waals surface area contributed by atoms with E-state index in [2.05, 4.69) is 20.8 Å². The Morgan fingerprint density at radius 1 is 1.18 bits per heavy atom. The summed E-state index contributed by atoms with van der Waals surface area (Å²) in [5.74, 6) is 1.49. The molecule has 1 heteroatoms. The van der Waals surface area contributed by atoms with Crippen molar-refractivity contribution >= 4 is 0 Å². The Morgan fingerprint density at radius 3 is 2.36 bits per heavy atom. The molecule has 0 bridgehead atoms. The van der Waals surface area contributed by atoms with Crippen LogP contribution in [0.3, 0.4) is 0 Å². The average molecular weight is 156 g/mol. The van der Waals surface area contributed by atoms with Crippen molar-refractivity contribution in [3.63, 3.8) is 0 Å². The van der Waals surface area contributed by atoms with Crippen molar-refractivity contribution in [2.75, 3.05) is 6.61 Å². The van der Waals surface area contributed by atoms with Gasteiger partial charge in [0.2, 0.25) is 0 Å². The molecule has 1 aliphatic rings. The van der Waals surface area contributed by atoms with Crippen LogP contribution in [-0.2, 0) is 4.74 Å². The van der Waals surface area contributed by atoms with Gasteiger partial charge in [0.25, 0.3) is 0 Å². The highest BCUT2D eigenvalue weighted by Gasteiger charge is 2.22. The first-order valence-electron chi connectivity index (χ1n) is 4.83. The maximum Gasteiger partial charge on any atom is 0.0603 e. The van der Waals surface area contributed by atoms with Crippen molar-refractivity contribution < 1.29 is 4.74 Å². The lowest BCUT2D eigenvalue weighted by Crippen LogP contribution is -2.29. The number of rotatable bonds is 2. The molecule has 11 heavy (non-hydrogen) atoms. The molecular weight excluding hydrogens is 136 g/mol. The van der Waals surface area contributed by atoms with Crippen LogP contribution in [0, 0.1) is 11.8 Å². The van der Waals surface area contributed by atoms with Crippen LogP contribution in [0.5, 0.6) is 0 Å². The zero-order chi connectivity index (χ0) is 8.27. The van der Waals surface area contributed by atoms with Gasteiger partial charge in [-0.25, -0.2) is 0 Å². The van der Waals surface area contributed by atoms with Crippen molar-refractivity contribution in [3.05, 3.63) is 0 Å². The van der Waals surface area contributed by atoms with Crippen LogP contribution in [-0.4, -0.2) is 12.7 Å². The summed E-state index contributed by atoms with van der Waals surface area (Å²) >= 11 is 0. The minimum absolute atomic E-state index is 0.545. The molecular formula is C10H20O. The van der Waals surface area contributed by atoms with E-state index in [0.717, 1.165) is 18.4 Å². The van der Waals surface area contributed by atoms with E-state index >= 15 is 0 Å². The van der Waals surface area contributed by atoms with E-state index in [1.807, 2.05) is 0 Å². The van der Waals surface area contributed by atoms with Crippen molar-refractivity contribution in [1.82, 2.24) is 0 Å². The van der Waals surface area contributed by atoms with E-state index in [-0.39, 0.29) is 0 Å². The number of ether oxygens (including phenoxy) is 1. The molecule has 2 unspecified atom stereocenters. The topological polar surface area (TPSA) is 9.23 Å². The molecule has 0 radical (unpaired) electrons. The summed E-state index contributed by atoms with van der Waals surface area (Å²) in [6, 6.07) is 0. The smallest absolute Gasteiger partial charge is 0.0603 e. The van der Waals surface area contributed by atoms with Gasteiger partial charge >= 0.3 is 0 Å². The largest absolute Gasteiger partial charge is 0.378 e. The van der Waals surface area contributed by atoms with Gasteiger partial charge in [-0.15, -0.1) is 0 Å². The van der Waals surface area contributed by atoms with E-state index in [9.17, 15) is 0 Å². The summed E-state index contributed by atoms with van der Waals surface area (Å²) < 4.78 is 5.70. The molecule has 0 aromatic rings. The quantitative estimate of drug-likeness (QED) is 0.597. The monoisotopic (exact) mass is 156 g/mol. The van der Waals surface area contributed by atoms with Crippen molar-refractivity contribution in [1.29, 1.82) is 0 Å². The SMILES string of the molecule is CC(C)C(C)C1CCCCO1. The summed E-state index contributed by atoms with van der Waals surface area (Å²) in [5.41, 5.74) is 0. The fourth-order valence-corrected chi connectivity index (χ4v) is 1.61. The Labute approximate surface area is 70.1 Å². The summed E-state index contributed by atoms with van der Waals surface area (Å²) in [6.07, 6.45) is 4.45. The van der Waals surface area contributed by atoms with Crippen LogP contribution in [0.1, 0.15) is 40.0 Å². The van der Waals surface area contributed by atoms with Gasteiger partial charge < -0.3 is 4.74 Å². The highest BCUT2D eigenvalue weighted by atomic mass is 16.5. The van der Waals surface area contributed by atoms with Crippen molar-refractivity contribution in [2.24, 2.45) is 11.8 Å². The summed E-state index contributed by atoms with van der Waals surface area (Å²) in [7, 11) is 0. The first-order valence-corrected chi connectivity index (χ1v) is 4.83. The van der Waals surface area contributed by atoms with Crippen LogP contribution in [0.25, 0.3) is 0 Å². The van der Waals surface area contributed by atoms with Crippen LogP contribution < -0.4 is 0 Å². The second-order valence-corrected chi connectivity index (χ2v) is 4.01. The summed E-state index contributed by atoms with van der Waals surface area (Å²) in [5, 5.41) is 0. The number of hydrogen-bond donors (Lipinski definition) is 0. The standard InChI is InChI=1S/C10H20O/c1-8(2)9(3)10-6-4-5-7-11-10/h8-10H,4-7H2,1-3H3. The lowest BCUT2D eigenvalue weighted by Gasteiger charge is -2.30. The van der Waals surface area contributed by atoms with E-state index in [1.54, 1.807) is 0 Å². The van der Waals surface area contributed by atoms with Crippen LogP contribution in [0.2, 0.25) is 0 Å². The zero-order valence-electron chi connectivity index (χ0n) is 7.97. The first kappa shape index (κ1) is 9.05. The van der Waals surface area contributed by atoms with E-state index < -0.39 is 0 Å². The third-order valence-corrected chi connectivity index (χ3v) is 2.85. The van der Waals surface area contributed by atoms with Crippen molar-refractivity contribution in [2.45, 2.75) is 46.1 Å². The molecule has 0 amide bonds. The second kappa shape index (κ2) is 4.10. The summed E-state index contributed by atoms with van der Waals surface area (Å²) in [6.45, 7) is 7.85. The van der Waals surface area contributed by atoms with Gasteiger partial charge in [-0.1, -0.05) is 20.8 Å². The molecule has 0 N–H and O–H groups in total. The van der Waals surface area contributed by atoms with Crippen molar-refractivity contribution in [3.8, 4) is 0 Å². The van der Waals surface area contributed by atoms with Gasteiger partial charge in [-0.3, -0.25) is 0 Å². The van der Waals surface area contributed by atoms with Gasteiger partial charge in [0, 0.05) is 6.61 Å². The maximum atomic E-state index is 5.70. The minimum Gasteiger partial charge on any atom is -0.378 e. The molecule has 1 aliphatic heterocycles. The lowest BCUT2D eigenvalue weighted by atomic mass is 9.88. The number of hydrogen-bond acceptors (Lipinski definition) is 1. The second-order valence-electron chi connectivity index (χ2n) is 4.01. The molecule has 1 fully saturated rings. The zero-order valence-corrected chi connectivity index (χ0v) is 7.97. The third kappa shape index (κ3) is 2.48. The molecule has 0 aromatic heterocycles. The molecule has 0 spiro atoms. The van der Waals surface area contributed by atoms with E-state index in [1.165, 1.54) is 19.3 Å². The van der Waals surface area contributed by atoms with Gasteiger partial charge in [0.05, 0.1) is 6.10 Å². The Balaban J connectivity index is 2.32. The Morgan fingerprint density at radius 2 is 1.91 bits per heavy atom. The maximum absolute atomic E-state index is 5.70. The van der Waals surface area contributed by atoms with Crippen LogP contribution in [0.4, 0.5) is 0 Å². The van der Waals surface area contributed by atoms with E-state index in [0.29, 0.717) is 6.10 Å². The molecule has 1 heterocycles. The minimum atomic E-state index is 0.545. The Kier molecular flexibility index (Phi) is 3.38. The predicted octanol–water partition coefficient (Wildman–Crippen LogP) is 2.85. The molecule has 2 atom stereocenters.